The Morgan fingerprint density at radius 1 is 1.14 bits per heavy atom. The van der Waals surface area contributed by atoms with Gasteiger partial charge in [-0.05, 0) is 43.5 Å². The molecular weight excluding hydrogens is 486 g/mol. The first kappa shape index (κ1) is 24.0. The average Bonchev–Trinajstić information content (AvgIpc) is 3.60. The normalized spacial score (nSPS) is 17.4. The Hall–Kier alpha value is -2.72. The fourth-order valence-electron chi connectivity index (χ4n) is 4.57. The van der Waals surface area contributed by atoms with Crippen molar-refractivity contribution in [3.05, 3.63) is 57.6 Å². The zero-order valence-corrected chi connectivity index (χ0v) is 19.8. The highest BCUT2D eigenvalue weighted by Gasteiger charge is 2.38. The van der Waals surface area contributed by atoms with Crippen LogP contribution in [0.15, 0.2) is 24.3 Å². The molecule has 6 nitrogen and oxygen atoms in total. The molecule has 3 aromatic rings. The van der Waals surface area contributed by atoms with E-state index < -0.39 is 17.6 Å². The summed E-state index contributed by atoms with van der Waals surface area (Å²) in [6.07, 6.45) is -2.90. The van der Waals surface area contributed by atoms with E-state index >= 15 is 0 Å². The van der Waals surface area contributed by atoms with E-state index in [0.717, 1.165) is 24.5 Å². The maximum absolute atomic E-state index is 13.8. The van der Waals surface area contributed by atoms with Gasteiger partial charge in [-0.25, -0.2) is 14.1 Å². The molecule has 1 saturated heterocycles. The highest BCUT2D eigenvalue weighted by atomic mass is 35.5. The fraction of sp³-hybridized carbons (Fsp3) is 0.458. The summed E-state index contributed by atoms with van der Waals surface area (Å²) < 4.78 is 56.0. The van der Waals surface area contributed by atoms with E-state index in [4.69, 9.17) is 11.6 Å². The first-order valence-electron chi connectivity index (χ1n) is 11.5. The third-order valence-electron chi connectivity index (χ3n) is 6.62. The molecular formula is C24H24ClF4N5O. The van der Waals surface area contributed by atoms with Crippen molar-refractivity contribution in [1.82, 2.24) is 24.6 Å². The van der Waals surface area contributed by atoms with Crippen LogP contribution in [0, 0.1) is 12.7 Å². The number of halogens is 5. The van der Waals surface area contributed by atoms with Gasteiger partial charge in [0, 0.05) is 49.4 Å². The van der Waals surface area contributed by atoms with Gasteiger partial charge >= 0.3 is 6.18 Å². The molecule has 0 unspecified atom stereocenters. The number of pyridine rings is 1. The van der Waals surface area contributed by atoms with Crippen molar-refractivity contribution >= 4 is 28.5 Å². The Bertz CT molecular complexity index is 1280. The van der Waals surface area contributed by atoms with Crippen LogP contribution in [0.2, 0.25) is 5.02 Å². The van der Waals surface area contributed by atoms with Crippen LogP contribution in [-0.4, -0.2) is 56.7 Å². The summed E-state index contributed by atoms with van der Waals surface area (Å²) >= 11 is 6.12. The molecule has 0 radical (unpaired) electrons. The molecule has 0 spiro atoms. The highest BCUT2D eigenvalue weighted by Crippen LogP contribution is 2.43. The van der Waals surface area contributed by atoms with E-state index in [9.17, 15) is 22.4 Å². The van der Waals surface area contributed by atoms with Crippen LogP contribution in [0.1, 0.15) is 41.3 Å². The van der Waals surface area contributed by atoms with E-state index in [-0.39, 0.29) is 35.1 Å². The molecule has 1 saturated carbocycles. The monoisotopic (exact) mass is 509 g/mol. The number of benzene rings is 1. The standard InChI is InChI=1S/C24H24ClF4N5O/c1-14-22-18(24(27,28)29)11-20(15-2-3-15)30-23(22)34(31-14)13-21(35)33-8-6-32(7-9-33)12-16-4-5-17(26)10-19(16)25/h4-5,10-11,15H,2-3,6-9,12-13H2,1H3. The van der Waals surface area contributed by atoms with E-state index in [1.165, 1.54) is 23.7 Å². The van der Waals surface area contributed by atoms with Crippen LogP contribution in [-0.2, 0) is 24.1 Å². The second-order valence-electron chi connectivity index (χ2n) is 9.20. The van der Waals surface area contributed by atoms with E-state index in [1.807, 2.05) is 0 Å². The minimum atomic E-state index is -4.53. The van der Waals surface area contributed by atoms with Crippen molar-refractivity contribution in [3.8, 4) is 0 Å². The maximum Gasteiger partial charge on any atom is 0.417 e. The number of alkyl halides is 3. The van der Waals surface area contributed by atoms with Crippen molar-refractivity contribution < 1.29 is 22.4 Å². The number of aromatic nitrogens is 3. The second kappa shape index (κ2) is 9.05. The van der Waals surface area contributed by atoms with Gasteiger partial charge in [0.05, 0.1) is 16.6 Å². The Labute approximate surface area is 204 Å². The Balaban J connectivity index is 1.30. The third kappa shape index (κ3) is 4.99. The zero-order chi connectivity index (χ0) is 24.9. The number of carbonyl (C=O) groups is 1. The zero-order valence-electron chi connectivity index (χ0n) is 19.1. The number of fused-ring (bicyclic) bond motifs is 1. The number of amides is 1. The molecule has 1 aromatic carbocycles. The summed E-state index contributed by atoms with van der Waals surface area (Å²) in [7, 11) is 0. The molecule has 186 valence electrons. The molecule has 1 aliphatic carbocycles. The van der Waals surface area contributed by atoms with E-state index in [2.05, 4.69) is 15.0 Å². The highest BCUT2D eigenvalue weighted by molar-refractivity contribution is 6.31. The number of piperazine rings is 1. The molecule has 0 atom stereocenters. The summed E-state index contributed by atoms with van der Waals surface area (Å²) in [4.78, 5) is 21.3. The molecule has 2 aromatic heterocycles. The first-order chi connectivity index (χ1) is 16.6. The van der Waals surface area contributed by atoms with E-state index in [1.54, 1.807) is 11.0 Å². The van der Waals surface area contributed by atoms with Gasteiger partial charge in [0.2, 0.25) is 5.91 Å². The largest absolute Gasteiger partial charge is 0.417 e. The lowest BCUT2D eigenvalue weighted by Gasteiger charge is -2.35. The van der Waals surface area contributed by atoms with Gasteiger partial charge in [-0.2, -0.15) is 18.3 Å². The number of aryl methyl sites for hydroxylation is 1. The van der Waals surface area contributed by atoms with Crippen LogP contribution in [0.3, 0.4) is 0 Å². The topological polar surface area (TPSA) is 54.3 Å². The van der Waals surface area contributed by atoms with Gasteiger partial charge < -0.3 is 4.90 Å². The predicted molar refractivity (Wildman–Crippen MR) is 123 cm³/mol. The minimum absolute atomic E-state index is 0.0301. The molecule has 0 N–H and O–H groups in total. The van der Waals surface area contributed by atoms with Gasteiger partial charge in [-0.3, -0.25) is 9.69 Å². The number of hydrogen-bond acceptors (Lipinski definition) is 4. The quantitative estimate of drug-likeness (QED) is 0.465. The van der Waals surface area contributed by atoms with Crippen molar-refractivity contribution in [2.24, 2.45) is 0 Å². The van der Waals surface area contributed by atoms with Crippen LogP contribution in [0.5, 0.6) is 0 Å². The number of nitrogens with zero attached hydrogens (tertiary/aromatic N) is 5. The van der Waals surface area contributed by atoms with Crippen molar-refractivity contribution in [2.75, 3.05) is 26.2 Å². The van der Waals surface area contributed by atoms with Gasteiger partial charge in [-0.1, -0.05) is 17.7 Å². The van der Waals surface area contributed by atoms with Crippen LogP contribution in [0.25, 0.3) is 11.0 Å². The second-order valence-corrected chi connectivity index (χ2v) is 9.61. The van der Waals surface area contributed by atoms with Crippen molar-refractivity contribution in [1.29, 1.82) is 0 Å². The predicted octanol–water partition coefficient (Wildman–Crippen LogP) is 4.77. The molecule has 1 amide bonds. The van der Waals surface area contributed by atoms with Crippen LogP contribution >= 0.6 is 11.6 Å². The Morgan fingerprint density at radius 3 is 2.49 bits per heavy atom. The molecule has 5 rings (SSSR count). The number of carbonyl (C=O) groups excluding carboxylic acids is 1. The molecule has 2 fully saturated rings. The average molecular weight is 510 g/mol. The van der Waals surface area contributed by atoms with Crippen molar-refractivity contribution in [3.63, 3.8) is 0 Å². The van der Waals surface area contributed by atoms with Gasteiger partial charge in [0.25, 0.3) is 0 Å². The molecule has 35 heavy (non-hydrogen) atoms. The van der Waals surface area contributed by atoms with Crippen LogP contribution in [0.4, 0.5) is 17.6 Å². The molecule has 3 heterocycles. The van der Waals surface area contributed by atoms with Gasteiger partial charge in [0.15, 0.2) is 5.65 Å². The fourth-order valence-corrected chi connectivity index (χ4v) is 4.80. The van der Waals surface area contributed by atoms with E-state index in [0.29, 0.717) is 43.4 Å². The van der Waals surface area contributed by atoms with Gasteiger partial charge in [0.1, 0.15) is 12.4 Å². The minimum Gasteiger partial charge on any atom is -0.339 e. The third-order valence-corrected chi connectivity index (χ3v) is 6.97. The SMILES string of the molecule is Cc1nn(CC(=O)N2CCN(Cc3ccc(F)cc3Cl)CC2)c2nc(C3CC3)cc(C(F)(F)F)c12. The summed E-state index contributed by atoms with van der Waals surface area (Å²) in [6.45, 7) is 4.00. The molecule has 0 bridgehead atoms. The Kier molecular flexibility index (Phi) is 6.21. The molecule has 2 aliphatic rings. The van der Waals surface area contributed by atoms with Gasteiger partial charge in [-0.15, -0.1) is 0 Å². The first-order valence-corrected chi connectivity index (χ1v) is 11.9. The van der Waals surface area contributed by atoms with Crippen LogP contribution < -0.4 is 0 Å². The summed E-state index contributed by atoms with van der Waals surface area (Å²) in [6, 6.07) is 5.43. The number of hydrogen-bond donors (Lipinski definition) is 0. The molecule has 1 aliphatic heterocycles. The van der Waals surface area contributed by atoms with Crippen molar-refractivity contribution in [2.45, 2.75) is 44.9 Å². The number of rotatable bonds is 5. The smallest absolute Gasteiger partial charge is 0.339 e. The lowest BCUT2D eigenvalue weighted by molar-refractivity contribution is -0.136. The lowest BCUT2D eigenvalue weighted by atomic mass is 10.1. The maximum atomic E-state index is 13.8. The lowest BCUT2D eigenvalue weighted by Crippen LogP contribution is -2.49. The Morgan fingerprint density at radius 2 is 1.86 bits per heavy atom. The summed E-state index contributed by atoms with van der Waals surface area (Å²) in [5.41, 5.74) is 0.789. The summed E-state index contributed by atoms with van der Waals surface area (Å²) in [5, 5.41) is 4.57. The summed E-state index contributed by atoms with van der Waals surface area (Å²) in [5.74, 6) is -0.583. The molecule has 11 heteroatoms.